The van der Waals surface area contributed by atoms with Crippen LogP contribution in [0.1, 0.15) is 51.6 Å². The molecule has 7 heteroatoms. The van der Waals surface area contributed by atoms with E-state index in [2.05, 4.69) is 17.2 Å². The van der Waals surface area contributed by atoms with Crippen molar-refractivity contribution in [2.75, 3.05) is 12.1 Å². The van der Waals surface area contributed by atoms with E-state index >= 15 is 0 Å². The van der Waals surface area contributed by atoms with Crippen molar-refractivity contribution in [3.8, 4) is 11.6 Å². The summed E-state index contributed by atoms with van der Waals surface area (Å²) in [7, 11) is 0. The van der Waals surface area contributed by atoms with Gasteiger partial charge in [0.05, 0.1) is 16.8 Å². The lowest BCUT2D eigenvalue weighted by Gasteiger charge is -2.24. The Morgan fingerprint density at radius 2 is 2.14 bits per heavy atom. The highest BCUT2D eigenvalue weighted by atomic mass is 16.7. The van der Waals surface area contributed by atoms with Crippen LogP contribution in [0.2, 0.25) is 0 Å². The molecular formula is C21H21N3O4. The molecule has 1 aromatic carbocycles. The van der Waals surface area contributed by atoms with Crippen LogP contribution in [0.4, 0.5) is 5.69 Å². The van der Waals surface area contributed by atoms with E-state index in [1.807, 2.05) is 17.0 Å². The van der Waals surface area contributed by atoms with E-state index in [-0.39, 0.29) is 24.6 Å². The average Bonchev–Trinajstić information content (AvgIpc) is 3.33. The van der Waals surface area contributed by atoms with E-state index in [9.17, 15) is 9.59 Å². The van der Waals surface area contributed by atoms with Gasteiger partial charge in [0.1, 0.15) is 0 Å². The van der Waals surface area contributed by atoms with E-state index in [1.165, 1.54) is 12.8 Å². The lowest BCUT2D eigenvalue weighted by atomic mass is 10.1. The van der Waals surface area contributed by atoms with Crippen LogP contribution in [-0.2, 0) is 6.54 Å². The number of anilines is 1. The molecule has 1 aliphatic carbocycles. The largest absolute Gasteiger partial charge is 0.451 e. The minimum atomic E-state index is -0.337. The third-order valence-corrected chi connectivity index (χ3v) is 5.83. The second kappa shape index (κ2) is 6.22. The molecule has 144 valence electrons. The zero-order valence-corrected chi connectivity index (χ0v) is 15.8. The molecule has 1 atom stereocenters. The molecule has 0 radical (unpaired) electrons. The van der Waals surface area contributed by atoms with Gasteiger partial charge in [-0.15, -0.1) is 0 Å². The number of aryl methyl sites for hydroxylation is 1. The van der Waals surface area contributed by atoms with Crippen molar-refractivity contribution in [3.05, 3.63) is 46.6 Å². The lowest BCUT2D eigenvalue weighted by Crippen LogP contribution is -2.35. The SMILES string of the molecule is Cc1cnc2c(c1C(=O)Nc1cccc3c1C(=O)N([C@@H](C)C1CC1)C3)OCO2. The van der Waals surface area contributed by atoms with Crippen molar-refractivity contribution in [2.24, 2.45) is 5.92 Å². The minimum absolute atomic E-state index is 0.0124. The van der Waals surface area contributed by atoms with Gasteiger partial charge in [-0.2, -0.15) is 0 Å². The molecule has 28 heavy (non-hydrogen) atoms. The Labute approximate surface area is 162 Å². The second-order valence-electron chi connectivity index (χ2n) is 7.66. The number of fused-ring (bicyclic) bond motifs is 2. The van der Waals surface area contributed by atoms with Crippen molar-refractivity contribution >= 4 is 17.5 Å². The van der Waals surface area contributed by atoms with Crippen molar-refractivity contribution in [3.63, 3.8) is 0 Å². The third kappa shape index (κ3) is 2.61. The molecule has 2 amide bonds. The normalized spacial score (nSPS) is 18.2. The van der Waals surface area contributed by atoms with Crippen molar-refractivity contribution in [1.29, 1.82) is 0 Å². The predicted octanol–water partition coefficient (Wildman–Crippen LogP) is 3.13. The fourth-order valence-corrected chi connectivity index (χ4v) is 4.06. The van der Waals surface area contributed by atoms with Gasteiger partial charge in [-0.25, -0.2) is 4.98 Å². The monoisotopic (exact) mass is 379 g/mol. The molecule has 1 N–H and O–H groups in total. The van der Waals surface area contributed by atoms with Gasteiger partial charge in [0, 0.05) is 18.8 Å². The highest BCUT2D eigenvalue weighted by Gasteiger charge is 2.39. The topological polar surface area (TPSA) is 80.8 Å². The second-order valence-corrected chi connectivity index (χ2v) is 7.66. The molecule has 5 rings (SSSR count). The number of nitrogens with one attached hydrogen (secondary N) is 1. The molecule has 2 aromatic rings. The number of amides is 2. The molecule has 1 aromatic heterocycles. The van der Waals surface area contributed by atoms with Crippen molar-refractivity contribution in [2.45, 2.75) is 39.3 Å². The van der Waals surface area contributed by atoms with Crippen molar-refractivity contribution in [1.82, 2.24) is 9.88 Å². The molecule has 3 aliphatic rings. The molecule has 7 nitrogen and oxygen atoms in total. The minimum Gasteiger partial charge on any atom is -0.451 e. The summed E-state index contributed by atoms with van der Waals surface area (Å²) in [4.78, 5) is 32.2. The average molecular weight is 379 g/mol. The number of aromatic nitrogens is 1. The molecule has 0 saturated heterocycles. The summed E-state index contributed by atoms with van der Waals surface area (Å²) in [6, 6.07) is 5.82. The first-order valence-corrected chi connectivity index (χ1v) is 9.54. The molecule has 0 spiro atoms. The molecular weight excluding hydrogens is 358 g/mol. The van der Waals surface area contributed by atoms with Gasteiger partial charge in [-0.05, 0) is 49.8 Å². The molecule has 0 unspecified atom stereocenters. The van der Waals surface area contributed by atoms with Gasteiger partial charge < -0.3 is 19.7 Å². The van der Waals surface area contributed by atoms with Crippen LogP contribution in [0.3, 0.4) is 0 Å². The molecule has 1 fully saturated rings. The Bertz CT molecular complexity index is 999. The zero-order valence-electron chi connectivity index (χ0n) is 15.8. The summed E-state index contributed by atoms with van der Waals surface area (Å²) < 4.78 is 10.7. The number of hydrogen-bond acceptors (Lipinski definition) is 5. The standard InChI is InChI=1S/C21H21N3O4/c1-11-8-22-20-18(27-10-28-20)16(11)19(25)23-15-5-3-4-14-9-24(21(26)17(14)15)12(2)13-6-7-13/h3-5,8,12-13H,6-7,9-10H2,1-2H3,(H,23,25)/t12-/m0/s1. The summed E-state index contributed by atoms with van der Waals surface area (Å²) in [5.41, 5.74) is 3.13. The number of carbonyl (C=O) groups is 2. The quantitative estimate of drug-likeness (QED) is 0.883. The Balaban J connectivity index is 1.46. The summed E-state index contributed by atoms with van der Waals surface area (Å²) >= 11 is 0. The van der Waals surface area contributed by atoms with Gasteiger partial charge in [0.2, 0.25) is 6.79 Å². The number of carbonyl (C=O) groups excluding carboxylic acids is 2. The number of rotatable bonds is 4. The Morgan fingerprint density at radius 1 is 1.32 bits per heavy atom. The van der Waals surface area contributed by atoms with E-state index < -0.39 is 0 Å². The first-order valence-electron chi connectivity index (χ1n) is 9.54. The Kier molecular flexibility index (Phi) is 3.79. The van der Waals surface area contributed by atoms with Crippen LogP contribution >= 0.6 is 0 Å². The van der Waals surface area contributed by atoms with Crippen LogP contribution in [0.15, 0.2) is 24.4 Å². The highest BCUT2D eigenvalue weighted by Crippen LogP contribution is 2.40. The smallest absolute Gasteiger partial charge is 0.260 e. The van der Waals surface area contributed by atoms with Crippen LogP contribution in [0.25, 0.3) is 0 Å². The Morgan fingerprint density at radius 3 is 2.93 bits per heavy atom. The molecule has 2 aliphatic heterocycles. The molecule has 3 heterocycles. The van der Waals surface area contributed by atoms with Crippen LogP contribution in [-0.4, -0.2) is 34.5 Å². The van der Waals surface area contributed by atoms with E-state index in [0.717, 1.165) is 5.56 Å². The maximum Gasteiger partial charge on any atom is 0.260 e. The summed E-state index contributed by atoms with van der Waals surface area (Å²) in [6.45, 7) is 4.54. The van der Waals surface area contributed by atoms with Gasteiger partial charge in [0.15, 0.2) is 5.75 Å². The Hall–Kier alpha value is -3.09. The zero-order chi connectivity index (χ0) is 19.4. The molecule has 0 bridgehead atoms. The number of pyridine rings is 1. The van der Waals surface area contributed by atoms with E-state index in [1.54, 1.807) is 19.2 Å². The van der Waals surface area contributed by atoms with Gasteiger partial charge in [-0.1, -0.05) is 12.1 Å². The maximum absolute atomic E-state index is 13.1. The van der Waals surface area contributed by atoms with Crippen LogP contribution < -0.4 is 14.8 Å². The summed E-state index contributed by atoms with van der Waals surface area (Å²) in [5.74, 6) is 0.906. The van der Waals surface area contributed by atoms with Gasteiger partial charge in [-0.3, -0.25) is 9.59 Å². The lowest BCUT2D eigenvalue weighted by molar-refractivity contribution is 0.0698. The first kappa shape index (κ1) is 17.0. The number of hydrogen-bond donors (Lipinski definition) is 1. The predicted molar refractivity (Wildman–Crippen MR) is 102 cm³/mol. The third-order valence-electron chi connectivity index (χ3n) is 5.83. The number of ether oxygens (including phenoxy) is 2. The van der Waals surface area contributed by atoms with Gasteiger partial charge in [0.25, 0.3) is 17.7 Å². The number of nitrogens with zero attached hydrogens (tertiary/aromatic N) is 2. The fourth-order valence-electron chi connectivity index (χ4n) is 4.06. The van der Waals surface area contributed by atoms with E-state index in [4.69, 9.17) is 9.47 Å². The van der Waals surface area contributed by atoms with Crippen LogP contribution in [0, 0.1) is 12.8 Å². The van der Waals surface area contributed by atoms with Crippen LogP contribution in [0.5, 0.6) is 11.6 Å². The van der Waals surface area contributed by atoms with E-state index in [0.29, 0.717) is 46.5 Å². The first-order chi connectivity index (χ1) is 13.5. The van der Waals surface area contributed by atoms with Gasteiger partial charge >= 0.3 is 0 Å². The highest BCUT2D eigenvalue weighted by molar-refractivity contribution is 6.12. The van der Waals surface area contributed by atoms with Crippen molar-refractivity contribution < 1.29 is 19.1 Å². The number of benzene rings is 1. The summed E-state index contributed by atoms with van der Waals surface area (Å²) in [6.07, 6.45) is 3.95. The fraction of sp³-hybridized carbons (Fsp3) is 0.381. The summed E-state index contributed by atoms with van der Waals surface area (Å²) in [5, 5.41) is 2.91. The maximum atomic E-state index is 13.1. The molecule has 1 saturated carbocycles.